The molecule has 2 aliphatic rings. The summed E-state index contributed by atoms with van der Waals surface area (Å²) >= 11 is 0. The Hall–Kier alpha value is -3.09. The van der Waals surface area contributed by atoms with Crippen molar-refractivity contribution < 1.29 is 23.9 Å². The Labute approximate surface area is 221 Å². The Kier molecular flexibility index (Phi) is 9.21. The van der Waals surface area contributed by atoms with Crippen LogP contribution in [-0.2, 0) is 25.7 Å². The highest BCUT2D eigenvalue weighted by Crippen LogP contribution is 2.50. The molecule has 7 nitrogen and oxygen atoms in total. The third kappa shape index (κ3) is 6.43. The van der Waals surface area contributed by atoms with E-state index in [4.69, 9.17) is 9.47 Å². The van der Waals surface area contributed by atoms with E-state index in [1.54, 1.807) is 23.0 Å². The molecule has 0 unspecified atom stereocenters. The van der Waals surface area contributed by atoms with E-state index in [2.05, 4.69) is 13.2 Å². The number of methoxy groups -OCH3 is 1. The molecule has 0 N–H and O–H groups in total. The summed E-state index contributed by atoms with van der Waals surface area (Å²) in [5.41, 5.74) is -0.968. The van der Waals surface area contributed by atoms with E-state index in [0.29, 0.717) is 32.5 Å². The van der Waals surface area contributed by atoms with Gasteiger partial charge in [-0.25, -0.2) is 0 Å². The molecule has 0 saturated carbocycles. The summed E-state index contributed by atoms with van der Waals surface area (Å²) < 4.78 is 10.8. The van der Waals surface area contributed by atoms with Gasteiger partial charge in [0.25, 0.3) is 0 Å². The van der Waals surface area contributed by atoms with Gasteiger partial charge in [0.15, 0.2) is 0 Å². The zero-order chi connectivity index (χ0) is 27.2. The van der Waals surface area contributed by atoms with Crippen LogP contribution in [0.4, 0.5) is 0 Å². The van der Waals surface area contributed by atoms with Crippen LogP contribution in [0.2, 0.25) is 0 Å². The first-order chi connectivity index (χ1) is 17.6. The smallest absolute Gasteiger partial charge is 0.306 e. The van der Waals surface area contributed by atoms with Crippen molar-refractivity contribution in [3.63, 3.8) is 0 Å². The standard InChI is InChI=1S/C30H42N2O5/c1-7-9-10-11-17-32-24(8-2)20-30(28(32)35)23(19-26(33)37-29(3,4)5)16-18-31(27(30)34)21-22-12-14-25(36-6)15-13-22/h7-8,12-15,23-24H,1-2,9-11,16-21H2,3-6H3/t23-,24-,30-/m0/s1. The van der Waals surface area contributed by atoms with Gasteiger partial charge < -0.3 is 19.3 Å². The van der Waals surface area contributed by atoms with Gasteiger partial charge in [0, 0.05) is 26.1 Å². The molecule has 1 spiro atoms. The van der Waals surface area contributed by atoms with Crippen LogP contribution in [0.1, 0.15) is 64.9 Å². The summed E-state index contributed by atoms with van der Waals surface area (Å²) in [4.78, 5) is 44.8. The van der Waals surface area contributed by atoms with Crippen molar-refractivity contribution >= 4 is 17.8 Å². The molecule has 3 rings (SSSR count). The number of carbonyl (C=O) groups excluding carboxylic acids is 3. The van der Waals surface area contributed by atoms with Crippen molar-refractivity contribution in [2.75, 3.05) is 20.2 Å². The quantitative estimate of drug-likeness (QED) is 0.183. The van der Waals surface area contributed by atoms with Crippen LogP contribution in [0, 0.1) is 11.3 Å². The Balaban J connectivity index is 1.90. The summed E-state index contributed by atoms with van der Waals surface area (Å²) in [6, 6.07) is 7.34. The van der Waals surface area contributed by atoms with E-state index in [1.165, 1.54) is 0 Å². The average Bonchev–Trinajstić information content (AvgIpc) is 3.13. The Morgan fingerprint density at radius 2 is 1.84 bits per heavy atom. The molecule has 1 aromatic rings. The van der Waals surface area contributed by atoms with Crippen LogP contribution in [-0.4, -0.2) is 59.4 Å². The molecule has 2 heterocycles. The predicted molar refractivity (Wildman–Crippen MR) is 144 cm³/mol. The number of esters is 1. The van der Waals surface area contributed by atoms with Gasteiger partial charge in [0.05, 0.1) is 13.2 Å². The number of benzene rings is 1. The number of carbonyl (C=O) groups is 3. The highest BCUT2D eigenvalue weighted by Gasteiger charge is 2.62. The molecule has 7 heteroatoms. The van der Waals surface area contributed by atoms with E-state index in [-0.39, 0.29) is 30.2 Å². The number of likely N-dealkylation sites (tertiary alicyclic amines) is 2. The van der Waals surface area contributed by atoms with Crippen molar-refractivity contribution in [1.29, 1.82) is 0 Å². The van der Waals surface area contributed by atoms with Gasteiger partial charge in [-0.2, -0.15) is 0 Å². The monoisotopic (exact) mass is 510 g/mol. The second kappa shape index (κ2) is 12.0. The minimum atomic E-state index is -1.29. The number of amides is 2. The van der Waals surface area contributed by atoms with Gasteiger partial charge in [-0.1, -0.05) is 24.3 Å². The first-order valence-electron chi connectivity index (χ1n) is 13.2. The largest absolute Gasteiger partial charge is 0.497 e. The first-order valence-corrected chi connectivity index (χ1v) is 13.2. The van der Waals surface area contributed by atoms with E-state index >= 15 is 0 Å². The summed E-state index contributed by atoms with van der Waals surface area (Å²) in [6.07, 6.45) is 7.18. The highest BCUT2D eigenvalue weighted by atomic mass is 16.6. The normalized spacial score (nSPS) is 23.9. The molecule has 3 atom stereocenters. The minimum Gasteiger partial charge on any atom is -0.497 e. The molecule has 0 bridgehead atoms. The lowest BCUT2D eigenvalue weighted by molar-refractivity contribution is -0.166. The van der Waals surface area contributed by atoms with Crippen LogP contribution in [0.15, 0.2) is 49.6 Å². The highest BCUT2D eigenvalue weighted by molar-refractivity contribution is 6.08. The fraction of sp³-hybridized carbons (Fsp3) is 0.567. The van der Waals surface area contributed by atoms with Gasteiger partial charge in [-0.3, -0.25) is 14.4 Å². The van der Waals surface area contributed by atoms with E-state index in [1.807, 2.05) is 51.1 Å². The van der Waals surface area contributed by atoms with Crippen LogP contribution < -0.4 is 4.74 Å². The topological polar surface area (TPSA) is 76.2 Å². The summed E-state index contributed by atoms with van der Waals surface area (Å²) in [7, 11) is 1.61. The second-order valence-electron chi connectivity index (χ2n) is 11.1. The average molecular weight is 511 g/mol. The Morgan fingerprint density at radius 3 is 2.43 bits per heavy atom. The van der Waals surface area contributed by atoms with Crippen LogP contribution in [0.5, 0.6) is 5.75 Å². The lowest BCUT2D eigenvalue weighted by Crippen LogP contribution is -2.57. The van der Waals surface area contributed by atoms with Gasteiger partial charge in [0.1, 0.15) is 16.8 Å². The van der Waals surface area contributed by atoms with Crippen molar-refractivity contribution in [2.45, 2.75) is 77.5 Å². The SMILES string of the molecule is C=CCCCCN1C(=O)[C@]2(C[C@@H]1C=C)C(=O)N(Cc1ccc(OC)cc1)CC[C@H]2CC(=O)OC(C)(C)C. The van der Waals surface area contributed by atoms with E-state index in [9.17, 15) is 14.4 Å². The summed E-state index contributed by atoms with van der Waals surface area (Å²) in [5, 5.41) is 0. The molecule has 2 fully saturated rings. The van der Waals surface area contributed by atoms with E-state index < -0.39 is 16.9 Å². The van der Waals surface area contributed by atoms with Crippen molar-refractivity contribution in [3.05, 3.63) is 55.1 Å². The number of nitrogens with zero attached hydrogens (tertiary/aromatic N) is 2. The molecule has 2 amide bonds. The lowest BCUT2D eigenvalue weighted by Gasteiger charge is -2.43. The maximum absolute atomic E-state index is 14.2. The lowest BCUT2D eigenvalue weighted by atomic mass is 9.66. The van der Waals surface area contributed by atoms with Gasteiger partial charge >= 0.3 is 5.97 Å². The molecular formula is C30H42N2O5. The minimum absolute atomic E-state index is 0.0410. The summed E-state index contributed by atoms with van der Waals surface area (Å²) in [6.45, 7) is 14.6. The molecule has 1 aromatic carbocycles. The van der Waals surface area contributed by atoms with Crippen LogP contribution in [0.25, 0.3) is 0 Å². The number of unbranched alkanes of at least 4 members (excludes halogenated alkanes) is 2. The number of ether oxygens (including phenoxy) is 2. The number of rotatable bonds is 11. The molecule has 202 valence electrons. The Bertz CT molecular complexity index is 996. The molecule has 2 aliphatic heterocycles. The number of allylic oxidation sites excluding steroid dienone is 1. The number of piperidine rings is 1. The van der Waals surface area contributed by atoms with Crippen molar-refractivity contribution in [2.24, 2.45) is 11.3 Å². The van der Waals surface area contributed by atoms with Crippen molar-refractivity contribution in [3.8, 4) is 5.75 Å². The second-order valence-corrected chi connectivity index (χ2v) is 11.1. The molecule has 2 saturated heterocycles. The van der Waals surface area contributed by atoms with Crippen molar-refractivity contribution in [1.82, 2.24) is 9.80 Å². The predicted octanol–water partition coefficient (Wildman–Crippen LogP) is 4.91. The fourth-order valence-electron chi connectivity index (χ4n) is 5.58. The molecule has 37 heavy (non-hydrogen) atoms. The number of hydrogen-bond acceptors (Lipinski definition) is 5. The molecule has 0 aliphatic carbocycles. The zero-order valence-corrected chi connectivity index (χ0v) is 22.8. The Morgan fingerprint density at radius 1 is 1.14 bits per heavy atom. The summed E-state index contributed by atoms with van der Waals surface area (Å²) in [5.74, 6) is -0.437. The van der Waals surface area contributed by atoms with Gasteiger partial charge in [-0.05, 0) is 76.5 Å². The fourth-order valence-corrected chi connectivity index (χ4v) is 5.58. The third-order valence-electron chi connectivity index (χ3n) is 7.38. The third-order valence-corrected chi connectivity index (χ3v) is 7.38. The zero-order valence-electron chi connectivity index (χ0n) is 22.8. The first kappa shape index (κ1) is 28.5. The maximum atomic E-state index is 14.2. The van der Waals surface area contributed by atoms with E-state index in [0.717, 1.165) is 30.6 Å². The van der Waals surface area contributed by atoms with Crippen LogP contribution in [0.3, 0.4) is 0 Å². The molecular weight excluding hydrogens is 468 g/mol. The van der Waals surface area contributed by atoms with Crippen LogP contribution >= 0.6 is 0 Å². The number of hydrogen-bond donors (Lipinski definition) is 0. The van der Waals surface area contributed by atoms with Gasteiger partial charge in [0.2, 0.25) is 11.8 Å². The molecule has 0 aromatic heterocycles. The molecule has 0 radical (unpaired) electrons. The van der Waals surface area contributed by atoms with Gasteiger partial charge in [-0.15, -0.1) is 13.2 Å². The maximum Gasteiger partial charge on any atom is 0.306 e.